The summed E-state index contributed by atoms with van der Waals surface area (Å²) in [5, 5.41) is 0. The van der Waals surface area contributed by atoms with E-state index in [9.17, 15) is 0 Å². The summed E-state index contributed by atoms with van der Waals surface area (Å²) in [5.74, 6) is 3.48. The maximum Gasteiger partial charge on any atom is 0.0687 e. The molecule has 2 saturated heterocycles. The monoisotopic (exact) mass is 318 g/mol. The molecule has 0 aromatic heterocycles. The lowest BCUT2D eigenvalue weighted by atomic mass is 9.83. The molecule has 0 aromatic carbocycles. The standard InChI is InChI=1S/C14H23BrOS/c15-13-10-17-9-11(13)8-12-4-7-14(16-12)5-2-1-3-6-14/h11-13H,1-10H2. The highest BCUT2D eigenvalue weighted by atomic mass is 79.9. The molecule has 1 spiro atoms. The van der Waals surface area contributed by atoms with Crippen LogP contribution in [0.4, 0.5) is 0 Å². The van der Waals surface area contributed by atoms with Crippen LogP contribution < -0.4 is 0 Å². The van der Waals surface area contributed by atoms with Crippen molar-refractivity contribution in [2.24, 2.45) is 5.92 Å². The summed E-state index contributed by atoms with van der Waals surface area (Å²) in [4.78, 5) is 0.735. The molecular weight excluding hydrogens is 296 g/mol. The zero-order chi connectivity index (χ0) is 11.7. The van der Waals surface area contributed by atoms with Gasteiger partial charge in [-0.3, -0.25) is 0 Å². The Morgan fingerprint density at radius 2 is 1.94 bits per heavy atom. The molecule has 17 heavy (non-hydrogen) atoms. The van der Waals surface area contributed by atoms with Crippen LogP contribution in [0.15, 0.2) is 0 Å². The van der Waals surface area contributed by atoms with Crippen LogP contribution in [0.2, 0.25) is 0 Å². The van der Waals surface area contributed by atoms with Gasteiger partial charge in [-0.1, -0.05) is 35.2 Å². The fraction of sp³-hybridized carbons (Fsp3) is 1.00. The Labute approximate surface area is 118 Å². The van der Waals surface area contributed by atoms with E-state index in [2.05, 4.69) is 27.7 Å². The molecule has 98 valence electrons. The maximum absolute atomic E-state index is 6.47. The topological polar surface area (TPSA) is 9.23 Å². The highest BCUT2D eigenvalue weighted by molar-refractivity contribution is 9.09. The van der Waals surface area contributed by atoms with Crippen molar-refractivity contribution in [3.8, 4) is 0 Å². The number of halogens is 1. The second kappa shape index (κ2) is 5.42. The minimum absolute atomic E-state index is 0.316. The van der Waals surface area contributed by atoms with Crippen molar-refractivity contribution >= 4 is 27.7 Å². The number of ether oxygens (including phenoxy) is 1. The molecule has 1 saturated carbocycles. The van der Waals surface area contributed by atoms with Gasteiger partial charge in [0.25, 0.3) is 0 Å². The van der Waals surface area contributed by atoms with Crippen molar-refractivity contribution in [3.63, 3.8) is 0 Å². The van der Waals surface area contributed by atoms with E-state index < -0.39 is 0 Å². The molecule has 0 radical (unpaired) electrons. The molecule has 1 aliphatic carbocycles. The molecule has 3 aliphatic rings. The molecular formula is C14H23BrOS. The quantitative estimate of drug-likeness (QED) is 0.698. The van der Waals surface area contributed by atoms with Gasteiger partial charge in [0.2, 0.25) is 0 Å². The first kappa shape index (κ1) is 12.8. The van der Waals surface area contributed by atoms with Crippen molar-refractivity contribution in [2.75, 3.05) is 11.5 Å². The molecule has 3 heteroatoms. The first-order chi connectivity index (χ1) is 8.27. The van der Waals surface area contributed by atoms with E-state index in [1.807, 2.05) is 0 Å². The van der Waals surface area contributed by atoms with Crippen LogP contribution in [0.5, 0.6) is 0 Å². The highest BCUT2D eigenvalue weighted by Gasteiger charge is 2.42. The third-order valence-corrected chi connectivity index (χ3v) is 7.55. The van der Waals surface area contributed by atoms with Crippen LogP contribution in [-0.2, 0) is 4.74 Å². The van der Waals surface area contributed by atoms with Crippen molar-refractivity contribution in [2.45, 2.75) is 67.9 Å². The molecule has 3 rings (SSSR count). The maximum atomic E-state index is 6.47. The van der Waals surface area contributed by atoms with Crippen LogP contribution >= 0.6 is 27.7 Å². The Hall–Kier alpha value is 0.790. The fourth-order valence-corrected chi connectivity index (χ4v) is 6.27. The van der Waals surface area contributed by atoms with Crippen molar-refractivity contribution in [3.05, 3.63) is 0 Å². The second-order valence-electron chi connectivity index (χ2n) is 6.07. The zero-order valence-corrected chi connectivity index (χ0v) is 12.9. The zero-order valence-electron chi connectivity index (χ0n) is 10.5. The van der Waals surface area contributed by atoms with Crippen LogP contribution in [0.1, 0.15) is 51.4 Å². The molecule has 2 aliphatic heterocycles. The summed E-state index contributed by atoms with van der Waals surface area (Å²) in [6.45, 7) is 0. The van der Waals surface area contributed by atoms with Gasteiger partial charge in [-0.05, 0) is 43.8 Å². The van der Waals surface area contributed by atoms with Crippen molar-refractivity contribution in [1.29, 1.82) is 0 Å². The lowest BCUT2D eigenvalue weighted by Gasteiger charge is -2.33. The Balaban J connectivity index is 1.53. The van der Waals surface area contributed by atoms with Crippen molar-refractivity contribution in [1.82, 2.24) is 0 Å². The third kappa shape index (κ3) is 2.87. The van der Waals surface area contributed by atoms with Gasteiger partial charge in [-0.25, -0.2) is 0 Å². The van der Waals surface area contributed by atoms with Gasteiger partial charge in [0.05, 0.1) is 11.7 Å². The molecule has 0 bridgehead atoms. The molecule has 3 unspecified atom stereocenters. The van der Waals surface area contributed by atoms with E-state index in [0.29, 0.717) is 11.7 Å². The summed E-state index contributed by atoms with van der Waals surface area (Å²) in [7, 11) is 0. The number of rotatable bonds is 2. The van der Waals surface area contributed by atoms with E-state index in [4.69, 9.17) is 4.74 Å². The van der Waals surface area contributed by atoms with Crippen molar-refractivity contribution < 1.29 is 4.74 Å². The first-order valence-corrected chi connectivity index (χ1v) is 9.24. The Morgan fingerprint density at radius 3 is 2.65 bits per heavy atom. The highest BCUT2D eigenvalue weighted by Crippen LogP contribution is 2.44. The van der Waals surface area contributed by atoms with Crippen LogP contribution in [0, 0.1) is 5.92 Å². The van der Waals surface area contributed by atoms with E-state index in [1.54, 1.807) is 0 Å². The van der Waals surface area contributed by atoms with Gasteiger partial charge < -0.3 is 4.74 Å². The number of alkyl halides is 1. The van der Waals surface area contributed by atoms with Gasteiger partial charge in [-0.2, -0.15) is 11.8 Å². The summed E-state index contributed by atoms with van der Waals surface area (Å²) >= 11 is 5.92. The Morgan fingerprint density at radius 1 is 1.12 bits per heavy atom. The first-order valence-electron chi connectivity index (χ1n) is 7.17. The van der Waals surface area contributed by atoms with E-state index in [0.717, 1.165) is 10.7 Å². The van der Waals surface area contributed by atoms with Gasteiger partial charge in [0, 0.05) is 10.6 Å². The summed E-state index contributed by atoms with van der Waals surface area (Å²) in [6.07, 6.45) is 11.4. The average molecular weight is 319 g/mol. The smallest absolute Gasteiger partial charge is 0.0687 e. The Kier molecular flexibility index (Phi) is 4.08. The van der Waals surface area contributed by atoms with Gasteiger partial charge >= 0.3 is 0 Å². The molecule has 0 N–H and O–H groups in total. The van der Waals surface area contributed by atoms with Crippen LogP contribution in [0.3, 0.4) is 0 Å². The number of thioether (sulfide) groups is 1. The SMILES string of the molecule is BrC1CSCC1CC1CCC2(CCCCC2)O1. The molecule has 1 nitrogen and oxygen atoms in total. The van der Waals surface area contributed by atoms with Gasteiger partial charge in [-0.15, -0.1) is 0 Å². The second-order valence-corrected chi connectivity index (χ2v) is 8.32. The normalized spacial score (nSPS) is 41.1. The summed E-state index contributed by atoms with van der Waals surface area (Å²) in [6, 6.07) is 0. The molecule has 3 fully saturated rings. The number of hydrogen-bond donors (Lipinski definition) is 0. The molecule has 3 atom stereocenters. The predicted octanol–water partition coefficient (Wildman–Crippen LogP) is 4.38. The third-order valence-electron chi connectivity index (χ3n) is 4.79. The molecule has 0 amide bonds. The van der Waals surface area contributed by atoms with Gasteiger partial charge in [0.15, 0.2) is 0 Å². The molecule has 2 heterocycles. The minimum Gasteiger partial charge on any atom is -0.372 e. The summed E-state index contributed by atoms with van der Waals surface area (Å²) < 4.78 is 6.47. The average Bonchev–Trinajstić information content (AvgIpc) is 2.90. The van der Waals surface area contributed by atoms with E-state index in [1.165, 1.54) is 62.9 Å². The van der Waals surface area contributed by atoms with Crippen LogP contribution in [0.25, 0.3) is 0 Å². The fourth-order valence-electron chi connectivity index (χ4n) is 3.75. The predicted molar refractivity (Wildman–Crippen MR) is 78.1 cm³/mol. The lowest BCUT2D eigenvalue weighted by molar-refractivity contribution is -0.0687. The molecule has 0 aromatic rings. The summed E-state index contributed by atoms with van der Waals surface area (Å²) in [5.41, 5.74) is 0.316. The largest absolute Gasteiger partial charge is 0.372 e. The number of hydrogen-bond acceptors (Lipinski definition) is 2. The minimum atomic E-state index is 0.316. The lowest BCUT2D eigenvalue weighted by Crippen LogP contribution is -2.32. The van der Waals surface area contributed by atoms with Gasteiger partial charge in [0.1, 0.15) is 0 Å². The Bertz CT molecular complexity index is 265. The van der Waals surface area contributed by atoms with E-state index in [-0.39, 0.29) is 0 Å². The van der Waals surface area contributed by atoms with Crippen LogP contribution in [-0.4, -0.2) is 28.0 Å². The van der Waals surface area contributed by atoms with E-state index >= 15 is 0 Å².